The Labute approximate surface area is 94.7 Å². The van der Waals surface area contributed by atoms with Crippen LogP contribution in [0.15, 0.2) is 18.2 Å². The molecule has 0 fully saturated rings. The summed E-state index contributed by atoms with van der Waals surface area (Å²) in [7, 11) is 0. The summed E-state index contributed by atoms with van der Waals surface area (Å²) in [4.78, 5) is 0. The number of aromatic hydroxyl groups is 1. The molecule has 1 aromatic carbocycles. The molecule has 0 heterocycles. The Bertz CT molecular complexity index is 293. The summed E-state index contributed by atoms with van der Waals surface area (Å²) >= 11 is 5.94. The van der Waals surface area contributed by atoms with Crippen molar-refractivity contribution >= 4 is 11.6 Å². The van der Waals surface area contributed by atoms with E-state index in [1.54, 1.807) is 18.2 Å². The summed E-state index contributed by atoms with van der Waals surface area (Å²) in [5.41, 5.74) is 0.672. The fourth-order valence-electron chi connectivity index (χ4n) is 1.31. The molecule has 0 saturated carbocycles. The monoisotopic (exact) mass is 229 g/mol. The molecule has 1 atom stereocenters. The summed E-state index contributed by atoms with van der Waals surface area (Å²) in [5, 5.41) is 22.2. The number of hydrogen-bond donors (Lipinski definition) is 3. The van der Waals surface area contributed by atoms with Gasteiger partial charge in [-0.15, -0.1) is 0 Å². The summed E-state index contributed by atoms with van der Waals surface area (Å²) in [6.07, 6.45) is 0.835. The molecule has 1 unspecified atom stereocenters. The van der Waals surface area contributed by atoms with Crippen LogP contribution in [0.2, 0.25) is 5.02 Å². The molecule has 0 spiro atoms. The van der Waals surface area contributed by atoms with Gasteiger partial charge in [0.25, 0.3) is 0 Å². The van der Waals surface area contributed by atoms with E-state index in [0.29, 0.717) is 17.1 Å². The van der Waals surface area contributed by atoms with Crippen LogP contribution in [0.25, 0.3) is 0 Å². The maximum Gasteiger partial charge on any atom is 0.121 e. The van der Waals surface area contributed by atoms with Crippen LogP contribution in [-0.4, -0.2) is 22.9 Å². The van der Waals surface area contributed by atoms with Gasteiger partial charge in [0.2, 0.25) is 0 Å². The second-order valence-electron chi connectivity index (χ2n) is 3.41. The molecular weight excluding hydrogens is 214 g/mol. The standard InChI is InChI=1S/C11H16ClNO2/c1-2-8(7-14)13-6-9-10(12)4-3-5-11(9)15/h3-5,8,13-15H,2,6-7H2,1H3. The Kier molecular flexibility index (Phi) is 4.88. The van der Waals surface area contributed by atoms with Crippen molar-refractivity contribution in [3.63, 3.8) is 0 Å². The van der Waals surface area contributed by atoms with Crippen molar-refractivity contribution in [1.29, 1.82) is 0 Å². The van der Waals surface area contributed by atoms with E-state index in [9.17, 15) is 5.11 Å². The van der Waals surface area contributed by atoms with E-state index in [-0.39, 0.29) is 18.4 Å². The Morgan fingerprint density at radius 3 is 2.73 bits per heavy atom. The number of hydrogen-bond acceptors (Lipinski definition) is 3. The highest BCUT2D eigenvalue weighted by Gasteiger charge is 2.08. The largest absolute Gasteiger partial charge is 0.508 e. The lowest BCUT2D eigenvalue weighted by Gasteiger charge is -2.15. The molecule has 0 amide bonds. The minimum Gasteiger partial charge on any atom is -0.508 e. The van der Waals surface area contributed by atoms with Crippen LogP contribution in [0.3, 0.4) is 0 Å². The molecule has 0 radical (unpaired) electrons. The summed E-state index contributed by atoms with van der Waals surface area (Å²) < 4.78 is 0. The average molecular weight is 230 g/mol. The molecule has 1 rings (SSSR count). The van der Waals surface area contributed by atoms with Crippen LogP contribution >= 0.6 is 11.6 Å². The SMILES string of the molecule is CCC(CO)NCc1c(O)cccc1Cl. The van der Waals surface area contributed by atoms with Gasteiger partial charge in [0.05, 0.1) is 6.61 Å². The van der Waals surface area contributed by atoms with Crippen molar-refractivity contribution in [3.05, 3.63) is 28.8 Å². The van der Waals surface area contributed by atoms with Crippen LogP contribution in [0.5, 0.6) is 5.75 Å². The topological polar surface area (TPSA) is 52.5 Å². The molecule has 0 bridgehead atoms. The third-order valence-corrected chi connectivity index (χ3v) is 2.73. The number of halogens is 1. The van der Waals surface area contributed by atoms with Crippen LogP contribution < -0.4 is 5.32 Å². The zero-order valence-electron chi connectivity index (χ0n) is 8.70. The third kappa shape index (κ3) is 3.38. The lowest BCUT2D eigenvalue weighted by Crippen LogP contribution is -2.31. The van der Waals surface area contributed by atoms with Crippen molar-refractivity contribution in [1.82, 2.24) is 5.32 Å². The Morgan fingerprint density at radius 2 is 2.20 bits per heavy atom. The molecule has 0 aromatic heterocycles. The smallest absolute Gasteiger partial charge is 0.121 e. The molecule has 3 nitrogen and oxygen atoms in total. The van der Waals surface area contributed by atoms with Crippen molar-refractivity contribution in [2.24, 2.45) is 0 Å². The lowest BCUT2D eigenvalue weighted by atomic mass is 10.1. The quantitative estimate of drug-likeness (QED) is 0.723. The zero-order valence-corrected chi connectivity index (χ0v) is 9.46. The second-order valence-corrected chi connectivity index (χ2v) is 3.81. The predicted molar refractivity (Wildman–Crippen MR) is 61.1 cm³/mol. The minimum atomic E-state index is 0.0423. The number of nitrogens with one attached hydrogen (secondary N) is 1. The maximum absolute atomic E-state index is 9.56. The van der Waals surface area contributed by atoms with Crippen LogP contribution in [0, 0.1) is 0 Å². The number of phenolic OH excluding ortho intramolecular Hbond substituents is 1. The molecular formula is C11H16ClNO2. The van der Waals surface area contributed by atoms with E-state index in [1.807, 2.05) is 6.92 Å². The molecule has 0 aliphatic rings. The van der Waals surface area contributed by atoms with Gasteiger partial charge >= 0.3 is 0 Å². The van der Waals surface area contributed by atoms with E-state index in [0.717, 1.165) is 6.42 Å². The van der Waals surface area contributed by atoms with Gasteiger partial charge in [-0.2, -0.15) is 0 Å². The highest BCUT2D eigenvalue weighted by Crippen LogP contribution is 2.24. The van der Waals surface area contributed by atoms with Gasteiger partial charge < -0.3 is 15.5 Å². The summed E-state index contributed by atoms with van der Waals surface area (Å²) in [6, 6.07) is 5.08. The van der Waals surface area contributed by atoms with Crippen LogP contribution in [0.4, 0.5) is 0 Å². The van der Waals surface area contributed by atoms with E-state index in [1.165, 1.54) is 0 Å². The molecule has 4 heteroatoms. The van der Waals surface area contributed by atoms with Crippen LogP contribution in [-0.2, 0) is 6.54 Å². The lowest BCUT2D eigenvalue weighted by molar-refractivity contribution is 0.238. The van der Waals surface area contributed by atoms with Crippen molar-refractivity contribution in [2.45, 2.75) is 25.9 Å². The summed E-state index contributed by atoms with van der Waals surface area (Å²) in [6.45, 7) is 2.53. The van der Waals surface area contributed by atoms with E-state index in [2.05, 4.69) is 5.32 Å². The van der Waals surface area contributed by atoms with Gasteiger partial charge in [0.1, 0.15) is 5.75 Å². The van der Waals surface area contributed by atoms with Crippen molar-refractivity contribution < 1.29 is 10.2 Å². The number of rotatable bonds is 5. The van der Waals surface area contributed by atoms with Crippen molar-refractivity contribution in [2.75, 3.05) is 6.61 Å². The van der Waals surface area contributed by atoms with E-state index in [4.69, 9.17) is 16.7 Å². The maximum atomic E-state index is 9.56. The van der Waals surface area contributed by atoms with Gasteiger partial charge in [-0.25, -0.2) is 0 Å². The molecule has 1 aromatic rings. The minimum absolute atomic E-state index is 0.0423. The van der Waals surface area contributed by atoms with Gasteiger partial charge in [0, 0.05) is 23.2 Å². The fraction of sp³-hybridized carbons (Fsp3) is 0.455. The number of aliphatic hydroxyl groups excluding tert-OH is 1. The van der Waals surface area contributed by atoms with Gasteiger partial charge in [-0.3, -0.25) is 0 Å². The van der Waals surface area contributed by atoms with Gasteiger partial charge in [-0.05, 0) is 18.6 Å². The Morgan fingerprint density at radius 1 is 1.47 bits per heavy atom. The number of benzene rings is 1. The first-order valence-electron chi connectivity index (χ1n) is 4.99. The molecule has 0 saturated heterocycles. The zero-order chi connectivity index (χ0) is 11.3. The molecule has 84 valence electrons. The predicted octanol–water partition coefficient (Wildman–Crippen LogP) is 1.91. The highest BCUT2D eigenvalue weighted by molar-refractivity contribution is 6.31. The molecule has 15 heavy (non-hydrogen) atoms. The van der Waals surface area contributed by atoms with Gasteiger partial charge in [0.15, 0.2) is 0 Å². The van der Waals surface area contributed by atoms with E-state index >= 15 is 0 Å². The average Bonchev–Trinajstić information content (AvgIpc) is 2.23. The Hall–Kier alpha value is -0.770. The third-order valence-electron chi connectivity index (χ3n) is 2.37. The Balaban J connectivity index is 2.64. The first-order chi connectivity index (χ1) is 7.19. The van der Waals surface area contributed by atoms with Crippen LogP contribution in [0.1, 0.15) is 18.9 Å². The molecule has 3 N–H and O–H groups in total. The van der Waals surface area contributed by atoms with Crippen molar-refractivity contribution in [3.8, 4) is 5.75 Å². The normalized spacial score (nSPS) is 12.7. The number of aliphatic hydroxyl groups is 1. The molecule has 0 aliphatic heterocycles. The first-order valence-corrected chi connectivity index (χ1v) is 5.37. The first kappa shape index (κ1) is 12.3. The van der Waals surface area contributed by atoms with Gasteiger partial charge in [-0.1, -0.05) is 24.6 Å². The summed E-state index contributed by atoms with van der Waals surface area (Å²) in [5.74, 6) is 0.183. The fourth-order valence-corrected chi connectivity index (χ4v) is 1.54. The second kappa shape index (κ2) is 5.95. The molecule has 0 aliphatic carbocycles. The van der Waals surface area contributed by atoms with E-state index < -0.39 is 0 Å². The number of phenols is 1. The highest BCUT2D eigenvalue weighted by atomic mass is 35.5.